The Hall–Kier alpha value is -2.12. The lowest BCUT2D eigenvalue weighted by atomic mass is 10.1. The minimum absolute atomic E-state index is 0.146. The first kappa shape index (κ1) is 15.4. The Kier molecular flexibility index (Phi) is 4.36. The van der Waals surface area contributed by atoms with Gasteiger partial charge in [-0.05, 0) is 35.6 Å². The molecule has 122 valence electrons. The molecule has 5 nitrogen and oxygen atoms in total. The fourth-order valence-corrected chi connectivity index (χ4v) is 4.29. The second kappa shape index (κ2) is 6.78. The van der Waals surface area contributed by atoms with Gasteiger partial charge in [-0.2, -0.15) is 0 Å². The fraction of sp³-hybridized carbons (Fsp3) is 0.235. The molecule has 0 bridgehead atoms. The van der Waals surface area contributed by atoms with E-state index in [9.17, 15) is 4.79 Å². The zero-order chi connectivity index (χ0) is 16.4. The molecule has 2 aromatic heterocycles. The van der Waals surface area contributed by atoms with Gasteiger partial charge in [0, 0.05) is 18.0 Å². The molecular weight excluding hydrogens is 340 g/mol. The van der Waals surface area contributed by atoms with Gasteiger partial charge in [0.25, 0.3) is 0 Å². The molecule has 1 aliphatic rings. The van der Waals surface area contributed by atoms with Crippen LogP contribution < -0.4 is 0 Å². The molecule has 7 heteroatoms. The lowest BCUT2D eigenvalue weighted by molar-refractivity contribution is -0.129. The van der Waals surface area contributed by atoms with E-state index in [4.69, 9.17) is 0 Å². The van der Waals surface area contributed by atoms with Crippen LogP contribution in [-0.2, 0) is 17.8 Å². The molecule has 0 spiro atoms. The Bertz CT molecular complexity index is 843. The number of hydrogen-bond donors (Lipinski definition) is 0. The van der Waals surface area contributed by atoms with E-state index in [1.54, 1.807) is 22.3 Å². The van der Waals surface area contributed by atoms with Gasteiger partial charge in [0.05, 0.1) is 11.4 Å². The second-order valence-electron chi connectivity index (χ2n) is 5.53. The zero-order valence-corrected chi connectivity index (χ0v) is 14.6. The summed E-state index contributed by atoms with van der Waals surface area (Å²) in [7, 11) is 0. The average molecular weight is 356 g/mol. The minimum atomic E-state index is 0.146. The number of para-hydroxylation sites is 1. The molecule has 0 N–H and O–H groups in total. The van der Waals surface area contributed by atoms with E-state index in [0.29, 0.717) is 10.9 Å². The number of fused-ring (bicyclic) bond motifs is 1. The van der Waals surface area contributed by atoms with Crippen molar-refractivity contribution in [3.05, 3.63) is 58.5 Å². The summed E-state index contributed by atoms with van der Waals surface area (Å²) < 4.78 is 1.73. The van der Waals surface area contributed by atoms with Gasteiger partial charge in [0.1, 0.15) is 6.33 Å². The Morgan fingerprint density at radius 3 is 3.00 bits per heavy atom. The molecule has 1 aromatic carbocycles. The van der Waals surface area contributed by atoms with Crippen molar-refractivity contribution < 1.29 is 4.79 Å². The number of benzene rings is 1. The molecule has 0 aliphatic carbocycles. The summed E-state index contributed by atoms with van der Waals surface area (Å²) in [5.41, 5.74) is 2.25. The molecule has 0 atom stereocenters. The van der Waals surface area contributed by atoms with Crippen LogP contribution in [0.5, 0.6) is 0 Å². The van der Waals surface area contributed by atoms with Gasteiger partial charge in [-0.25, -0.2) is 9.67 Å². The number of amides is 1. The van der Waals surface area contributed by atoms with Gasteiger partial charge >= 0.3 is 0 Å². The van der Waals surface area contributed by atoms with Crippen LogP contribution in [0.2, 0.25) is 0 Å². The molecule has 0 saturated heterocycles. The Balaban J connectivity index is 1.36. The van der Waals surface area contributed by atoms with Crippen molar-refractivity contribution in [3.63, 3.8) is 0 Å². The normalized spacial score (nSPS) is 13.8. The molecule has 1 aliphatic heterocycles. The summed E-state index contributed by atoms with van der Waals surface area (Å²) in [6.07, 6.45) is 2.64. The van der Waals surface area contributed by atoms with Gasteiger partial charge < -0.3 is 4.90 Å². The van der Waals surface area contributed by atoms with Crippen LogP contribution in [0.4, 0.5) is 0 Å². The molecule has 4 rings (SSSR count). The molecule has 3 heterocycles. The number of hydrogen-bond acceptors (Lipinski definition) is 5. The van der Waals surface area contributed by atoms with Crippen molar-refractivity contribution in [2.45, 2.75) is 18.1 Å². The third kappa shape index (κ3) is 3.22. The highest BCUT2D eigenvalue weighted by Gasteiger charge is 2.21. The van der Waals surface area contributed by atoms with E-state index in [-0.39, 0.29) is 5.91 Å². The van der Waals surface area contributed by atoms with Crippen LogP contribution in [0.1, 0.15) is 10.4 Å². The lowest BCUT2D eigenvalue weighted by Crippen LogP contribution is -2.36. The SMILES string of the molecule is O=C(CSc1ncn(-c2ccccc2)n1)N1CCc2sccc2C1. The first-order valence-corrected chi connectivity index (χ1v) is 9.59. The maximum Gasteiger partial charge on any atom is 0.233 e. The van der Waals surface area contributed by atoms with E-state index in [1.165, 1.54) is 22.2 Å². The monoisotopic (exact) mass is 356 g/mol. The number of rotatable bonds is 4. The van der Waals surface area contributed by atoms with Crippen LogP contribution in [0.3, 0.4) is 0 Å². The largest absolute Gasteiger partial charge is 0.337 e. The average Bonchev–Trinajstić information content (AvgIpc) is 3.29. The standard InChI is InChI=1S/C17H16N4OS2/c22-16(20-8-6-15-13(10-20)7-9-23-15)11-24-17-18-12-21(19-17)14-4-2-1-3-5-14/h1-5,7,9,12H,6,8,10-11H2. The van der Waals surface area contributed by atoms with Crippen molar-refractivity contribution in [3.8, 4) is 5.69 Å². The summed E-state index contributed by atoms with van der Waals surface area (Å²) in [5, 5.41) is 7.15. The van der Waals surface area contributed by atoms with Crippen LogP contribution in [0, 0.1) is 0 Å². The number of carbonyl (C=O) groups excluding carboxylic acids is 1. The molecule has 0 fully saturated rings. The maximum absolute atomic E-state index is 12.4. The lowest BCUT2D eigenvalue weighted by Gasteiger charge is -2.26. The summed E-state index contributed by atoms with van der Waals surface area (Å²) in [6.45, 7) is 1.53. The molecule has 0 radical (unpaired) electrons. The van der Waals surface area contributed by atoms with Crippen LogP contribution in [0.25, 0.3) is 5.69 Å². The van der Waals surface area contributed by atoms with E-state index in [0.717, 1.165) is 25.2 Å². The van der Waals surface area contributed by atoms with Crippen molar-refractivity contribution in [1.29, 1.82) is 0 Å². The molecular formula is C17H16N4OS2. The van der Waals surface area contributed by atoms with Gasteiger partial charge in [0.2, 0.25) is 11.1 Å². The number of thioether (sulfide) groups is 1. The second-order valence-corrected chi connectivity index (χ2v) is 7.47. The Morgan fingerprint density at radius 1 is 1.25 bits per heavy atom. The first-order chi connectivity index (χ1) is 11.8. The number of thiophene rings is 1. The molecule has 24 heavy (non-hydrogen) atoms. The molecule has 1 amide bonds. The Labute approximate surface area is 148 Å². The molecule has 0 unspecified atom stereocenters. The summed E-state index contributed by atoms with van der Waals surface area (Å²) in [4.78, 5) is 20.0. The topological polar surface area (TPSA) is 51.0 Å². The minimum Gasteiger partial charge on any atom is -0.337 e. The summed E-state index contributed by atoms with van der Waals surface area (Å²) in [6, 6.07) is 12.0. The number of aromatic nitrogens is 3. The van der Waals surface area contributed by atoms with Crippen molar-refractivity contribution in [2.75, 3.05) is 12.3 Å². The third-order valence-corrected chi connectivity index (χ3v) is 5.84. The molecule has 0 saturated carbocycles. The molecule has 3 aromatic rings. The number of carbonyl (C=O) groups is 1. The summed E-state index contributed by atoms with van der Waals surface area (Å²) >= 11 is 3.17. The zero-order valence-electron chi connectivity index (χ0n) is 13.0. The van der Waals surface area contributed by atoms with Crippen LogP contribution >= 0.6 is 23.1 Å². The highest BCUT2D eigenvalue weighted by Crippen LogP contribution is 2.25. The third-order valence-electron chi connectivity index (χ3n) is 3.98. The maximum atomic E-state index is 12.4. The number of nitrogens with zero attached hydrogens (tertiary/aromatic N) is 4. The van der Waals surface area contributed by atoms with Gasteiger partial charge in [-0.1, -0.05) is 30.0 Å². The van der Waals surface area contributed by atoms with E-state index < -0.39 is 0 Å². The highest BCUT2D eigenvalue weighted by molar-refractivity contribution is 7.99. The van der Waals surface area contributed by atoms with E-state index in [2.05, 4.69) is 21.5 Å². The van der Waals surface area contributed by atoms with Crippen molar-refractivity contribution in [1.82, 2.24) is 19.7 Å². The summed E-state index contributed by atoms with van der Waals surface area (Å²) in [5.74, 6) is 0.520. The predicted octanol–water partition coefficient (Wildman–Crippen LogP) is 3.01. The van der Waals surface area contributed by atoms with Crippen molar-refractivity contribution in [2.24, 2.45) is 0 Å². The fourth-order valence-electron chi connectivity index (χ4n) is 2.70. The van der Waals surface area contributed by atoms with E-state index >= 15 is 0 Å². The predicted molar refractivity (Wildman–Crippen MR) is 95.5 cm³/mol. The Morgan fingerprint density at radius 2 is 2.12 bits per heavy atom. The first-order valence-electron chi connectivity index (χ1n) is 7.72. The van der Waals surface area contributed by atoms with E-state index in [1.807, 2.05) is 35.2 Å². The van der Waals surface area contributed by atoms with Gasteiger partial charge in [0.15, 0.2) is 0 Å². The quantitative estimate of drug-likeness (QED) is 0.675. The highest BCUT2D eigenvalue weighted by atomic mass is 32.2. The smallest absolute Gasteiger partial charge is 0.233 e. The van der Waals surface area contributed by atoms with Crippen LogP contribution in [0.15, 0.2) is 53.3 Å². The van der Waals surface area contributed by atoms with Crippen LogP contribution in [-0.4, -0.2) is 37.9 Å². The van der Waals surface area contributed by atoms with Gasteiger partial charge in [-0.3, -0.25) is 4.79 Å². The van der Waals surface area contributed by atoms with Gasteiger partial charge in [-0.15, -0.1) is 16.4 Å². The van der Waals surface area contributed by atoms with Crippen molar-refractivity contribution >= 4 is 29.0 Å².